The van der Waals surface area contributed by atoms with Crippen LogP contribution in [0, 0.1) is 6.92 Å². The highest BCUT2D eigenvalue weighted by atomic mass is 32.2. The van der Waals surface area contributed by atoms with Crippen molar-refractivity contribution in [1.29, 1.82) is 0 Å². The van der Waals surface area contributed by atoms with Gasteiger partial charge in [-0.1, -0.05) is 23.8 Å². The van der Waals surface area contributed by atoms with E-state index in [9.17, 15) is 13.5 Å². The minimum Gasteiger partial charge on any atom is -0.507 e. The van der Waals surface area contributed by atoms with Crippen molar-refractivity contribution in [3.63, 3.8) is 0 Å². The minimum atomic E-state index is -3.24. The van der Waals surface area contributed by atoms with Crippen LogP contribution in [0.3, 0.4) is 0 Å². The Bertz CT molecular complexity index is 688. The first-order chi connectivity index (χ1) is 8.38. The van der Waals surface area contributed by atoms with E-state index < -0.39 is 9.84 Å². The summed E-state index contributed by atoms with van der Waals surface area (Å²) >= 11 is 0. The Morgan fingerprint density at radius 1 is 1.06 bits per heavy atom. The summed E-state index contributed by atoms with van der Waals surface area (Å²) in [6.45, 7) is 1.92. The Balaban J connectivity index is 2.62. The van der Waals surface area contributed by atoms with E-state index >= 15 is 0 Å². The fourth-order valence-electron chi connectivity index (χ4n) is 1.78. The molecule has 0 aromatic heterocycles. The molecule has 4 heteroatoms. The Kier molecular flexibility index (Phi) is 3.13. The molecule has 2 rings (SSSR count). The topological polar surface area (TPSA) is 54.4 Å². The highest BCUT2D eigenvalue weighted by Crippen LogP contribution is 2.31. The molecule has 0 saturated heterocycles. The molecule has 0 amide bonds. The molecule has 0 aliphatic rings. The SMILES string of the molecule is Cc1ccc(O)c(-c2cccc(S(C)(=O)=O)c2)c1. The first kappa shape index (κ1) is 12.6. The maximum atomic E-state index is 11.5. The van der Waals surface area contributed by atoms with Crippen molar-refractivity contribution in [2.75, 3.05) is 6.26 Å². The molecule has 3 nitrogen and oxygen atoms in total. The van der Waals surface area contributed by atoms with Crippen LogP contribution in [0.25, 0.3) is 11.1 Å². The van der Waals surface area contributed by atoms with Crippen LogP contribution in [-0.4, -0.2) is 19.8 Å². The second-order valence-corrected chi connectivity index (χ2v) is 6.34. The molecule has 0 saturated carbocycles. The standard InChI is InChI=1S/C14H14O3S/c1-10-6-7-14(15)13(8-10)11-4-3-5-12(9-11)18(2,16)17/h3-9,15H,1-2H3. The molecule has 2 aromatic carbocycles. The van der Waals surface area contributed by atoms with Gasteiger partial charge >= 0.3 is 0 Å². The third kappa shape index (κ3) is 2.54. The first-order valence-corrected chi connectivity index (χ1v) is 7.37. The van der Waals surface area contributed by atoms with Gasteiger partial charge in [0, 0.05) is 11.8 Å². The number of aryl methyl sites for hydroxylation is 1. The zero-order valence-electron chi connectivity index (χ0n) is 10.2. The van der Waals surface area contributed by atoms with Gasteiger partial charge in [0.15, 0.2) is 9.84 Å². The van der Waals surface area contributed by atoms with Gasteiger partial charge in [-0.2, -0.15) is 0 Å². The third-order valence-corrected chi connectivity index (χ3v) is 3.84. The molecule has 0 atom stereocenters. The number of phenolic OH excluding ortho intramolecular Hbond substituents is 1. The molecular formula is C14H14O3S. The van der Waals surface area contributed by atoms with E-state index in [0.29, 0.717) is 11.1 Å². The van der Waals surface area contributed by atoms with Gasteiger partial charge in [0.2, 0.25) is 0 Å². The van der Waals surface area contributed by atoms with Crippen molar-refractivity contribution in [2.24, 2.45) is 0 Å². The second kappa shape index (κ2) is 4.46. The number of aromatic hydroxyl groups is 1. The number of hydrogen-bond donors (Lipinski definition) is 1. The maximum absolute atomic E-state index is 11.5. The molecule has 2 aromatic rings. The summed E-state index contributed by atoms with van der Waals surface area (Å²) in [5, 5.41) is 9.83. The average Bonchev–Trinajstić information content (AvgIpc) is 2.31. The van der Waals surface area contributed by atoms with Gasteiger partial charge in [-0.25, -0.2) is 8.42 Å². The number of sulfone groups is 1. The maximum Gasteiger partial charge on any atom is 0.175 e. The molecular weight excluding hydrogens is 248 g/mol. The van der Waals surface area contributed by atoms with Crippen LogP contribution in [0.15, 0.2) is 47.4 Å². The van der Waals surface area contributed by atoms with Crippen LogP contribution in [0.5, 0.6) is 5.75 Å². The largest absolute Gasteiger partial charge is 0.507 e. The van der Waals surface area contributed by atoms with Gasteiger partial charge in [-0.15, -0.1) is 0 Å². The van der Waals surface area contributed by atoms with Gasteiger partial charge in [0.1, 0.15) is 5.75 Å². The van der Waals surface area contributed by atoms with Gasteiger partial charge in [-0.3, -0.25) is 0 Å². The number of hydrogen-bond acceptors (Lipinski definition) is 3. The third-order valence-electron chi connectivity index (χ3n) is 2.73. The van der Waals surface area contributed by atoms with E-state index in [1.165, 1.54) is 6.26 Å². The fourth-order valence-corrected chi connectivity index (χ4v) is 2.44. The quantitative estimate of drug-likeness (QED) is 0.905. The summed E-state index contributed by atoms with van der Waals surface area (Å²) in [6.07, 6.45) is 1.17. The van der Waals surface area contributed by atoms with E-state index in [2.05, 4.69) is 0 Å². The fraction of sp³-hybridized carbons (Fsp3) is 0.143. The number of rotatable bonds is 2. The van der Waals surface area contributed by atoms with E-state index in [1.807, 2.05) is 13.0 Å². The van der Waals surface area contributed by atoms with Gasteiger partial charge < -0.3 is 5.11 Å². The zero-order valence-corrected chi connectivity index (χ0v) is 11.0. The van der Waals surface area contributed by atoms with Crippen LogP contribution in [0.2, 0.25) is 0 Å². The molecule has 0 radical (unpaired) electrons. The van der Waals surface area contributed by atoms with E-state index in [1.54, 1.807) is 36.4 Å². The van der Waals surface area contributed by atoms with Crippen molar-refractivity contribution < 1.29 is 13.5 Å². The van der Waals surface area contributed by atoms with Crippen LogP contribution < -0.4 is 0 Å². The molecule has 94 valence electrons. The van der Waals surface area contributed by atoms with E-state index in [0.717, 1.165) is 5.56 Å². The van der Waals surface area contributed by atoms with Crippen LogP contribution in [0.1, 0.15) is 5.56 Å². The van der Waals surface area contributed by atoms with Crippen molar-refractivity contribution in [2.45, 2.75) is 11.8 Å². The van der Waals surface area contributed by atoms with Gasteiger partial charge in [0.25, 0.3) is 0 Å². The lowest BCUT2D eigenvalue weighted by molar-refractivity contribution is 0.477. The lowest BCUT2D eigenvalue weighted by atomic mass is 10.0. The molecule has 0 spiro atoms. The molecule has 1 N–H and O–H groups in total. The molecule has 0 unspecified atom stereocenters. The normalized spacial score (nSPS) is 11.4. The van der Waals surface area contributed by atoms with Crippen molar-refractivity contribution in [3.8, 4) is 16.9 Å². The predicted octanol–water partition coefficient (Wildman–Crippen LogP) is 2.77. The monoisotopic (exact) mass is 262 g/mol. The summed E-state index contributed by atoms with van der Waals surface area (Å²) in [5.41, 5.74) is 2.34. The lowest BCUT2D eigenvalue weighted by Gasteiger charge is -2.07. The Hall–Kier alpha value is -1.81. The molecule has 0 aliphatic carbocycles. The summed E-state index contributed by atoms with van der Waals surface area (Å²) in [6, 6.07) is 11.8. The molecule has 18 heavy (non-hydrogen) atoms. The van der Waals surface area contributed by atoms with Crippen LogP contribution in [0.4, 0.5) is 0 Å². The summed E-state index contributed by atoms with van der Waals surface area (Å²) in [7, 11) is -3.24. The highest BCUT2D eigenvalue weighted by Gasteiger charge is 2.10. The molecule has 0 fully saturated rings. The molecule has 0 heterocycles. The van der Waals surface area contributed by atoms with Gasteiger partial charge in [0.05, 0.1) is 4.90 Å². The summed E-state index contributed by atoms with van der Waals surface area (Å²) in [4.78, 5) is 0.251. The predicted molar refractivity (Wildman–Crippen MR) is 71.4 cm³/mol. The smallest absolute Gasteiger partial charge is 0.175 e. The van der Waals surface area contributed by atoms with Crippen LogP contribution >= 0.6 is 0 Å². The summed E-state index contributed by atoms with van der Waals surface area (Å²) in [5.74, 6) is 0.145. The van der Waals surface area contributed by atoms with Gasteiger partial charge in [-0.05, 0) is 36.8 Å². The average molecular weight is 262 g/mol. The van der Waals surface area contributed by atoms with E-state index in [4.69, 9.17) is 0 Å². The Morgan fingerprint density at radius 3 is 2.44 bits per heavy atom. The second-order valence-electron chi connectivity index (χ2n) is 4.32. The van der Waals surface area contributed by atoms with Crippen molar-refractivity contribution in [3.05, 3.63) is 48.0 Å². The zero-order chi connectivity index (χ0) is 13.3. The summed E-state index contributed by atoms with van der Waals surface area (Å²) < 4.78 is 23.0. The number of phenols is 1. The lowest BCUT2D eigenvalue weighted by Crippen LogP contribution is -1.96. The Labute approximate surface area is 107 Å². The van der Waals surface area contributed by atoms with Crippen LogP contribution in [-0.2, 0) is 9.84 Å². The van der Waals surface area contributed by atoms with Crippen molar-refractivity contribution >= 4 is 9.84 Å². The first-order valence-electron chi connectivity index (χ1n) is 5.48. The molecule has 0 bridgehead atoms. The number of benzene rings is 2. The van der Waals surface area contributed by atoms with E-state index in [-0.39, 0.29) is 10.6 Å². The molecule has 0 aliphatic heterocycles. The highest BCUT2D eigenvalue weighted by molar-refractivity contribution is 7.90. The van der Waals surface area contributed by atoms with Crippen molar-refractivity contribution in [1.82, 2.24) is 0 Å². The Morgan fingerprint density at radius 2 is 1.78 bits per heavy atom. The minimum absolute atomic E-state index is 0.145.